The molecule has 0 saturated heterocycles. The molecule has 0 saturated carbocycles. The summed E-state index contributed by atoms with van der Waals surface area (Å²) in [4.78, 5) is 5.38. The highest BCUT2D eigenvalue weighted by Crippen LogP contribution is 1.99. The first kappa shape index (κ1) is 10.9. The lowest BCUT2D eigenvalue weighted by Gasteiger charge is -2.24. The summed E-state index contributed by atoms with van der Waals surface area (Å²) in [5, 5.41) is 1.98. The zero-order valence-electron chi connectivity index (χ0n) is 7.84. The summed E-state index contributed by atoms with van der Waals surface area (Å²) in [6.07, 6.45) is 0.998. The van der Waals surface area contributed by atoms with Crippen LogP contribution in [0.2, 0.25) is 0 Å². The van der Waals surface area contributed by atoms with E-state index in [2.05, 4.69) is 13.8 Å². The van der Waals surface area contributed by atoms with Crippen molar-refractivity contribution >= 4 is 0 Å². The van der Waals surface area contributed by atoms with Gasteiger partial charge in [0.1, 0.15) is 0 Å². The highest BCUT2D eigenvalue weighted by atomic mass is 16.7. The van der Waals surface area contributed by atoms with Gasteiger partial charge in [-0.2, -0.15) is 5.06 Å². The summed E-state index contributed by atoms with van der Waals surface area (Å²) in [7, 11) is 0. The van der Waals surface area contributed by atoms with E-state index in [-0.39, 0.29) is 0 Å². The molecular formula is C8H20N2O. The molecule has 3 nitrogen and oxygen atoms in total. The molecule has 0 amide bonds. The van der Waals surface area contributed by atoms with Gasteiger partial charge in [-0.3, -0.25) is 4.84 Å². The Morgan fingerprint density at radius 2 is 2.09 bits per heavy atom. The number of rotatable bonds is 6. The van der Waals surface area contributed by atoms with Crippen LogP contribution in [0.15, 0.2) is 0 Å². The van der Waals surface area contributed by atoms with Crippen LogP contribution < -0.4 is 5.73 Å². The van der Waals surface area contributed by atoms with Gasteiger partial charge >= 0.3 is 0 Å². The zero-order chi connectivity index (χ0) is 8.69. The lowest BCUT2D eigenvalue weighted by Crippen LogP contribution is -2.32. The van der Waals surface area contributed by atoms with E-state index in [1.165, 1.54) is 0 Å². The number of hydrogen-bond acceptors (Lipinski definition) is 3. The summed E-state index contributed by atoms with van der Waals surface area (Å²) < 4.78 is 0. The first-order valence-electron chi connectivity index (χ1n) is 4.32. The summed E-state index contributed by atoms with van der Waals surface area (Å²) >= 11 is 0. The topological polar surface area (TPSA) is 38.5 Å². The third kappa shape index (κ3) is 5.18. The first-order chi connectivity index (χ1) is 5.22. The first-order valence-corrected chi connectivity index (χ1v) is 4.32. The number of nitrogens with zero attached hydrogens (tertiary/aromatic N) is 1. The molecule has 0 aromatic carbocycles. The SMILES string of the molecule is CCON(CCCN)C(C)C. The fourth-order valence-corrected chi connectivity index (χ4v) is 0.885. The Labute approximate surface area is 69.5 Å². The van der Waals surface area contributed by atoms with E-state index in [4.69, 9.17) is 10.6 Å². The van der Waals surface area contributed by atoms with Gasteiger partial charge in [-0.15, -0.1) is 0 Å². The van der Waals surface area contributed by atoms with E-state index in [0.29, 0.717) is 6.04 Å². The van der Waals surface area contributed by atoms with Crippen LogP contribution in [0, 0.1) is 0 Å². The second-order valence-corrected chi connectivity index (χ2v) is 2.79. The van der Waals surface area contributed by atoms with Crippen LogP contribution in [0.3, 0.4) is 0 Å². The van der Waals surface area contributed by atoms with E-state index in [1.54, 1.807) is 0 Å². The summed E-state index contributed by atoms with van der Waals surface area (Å²) in [5.41, 5.74) is 5.39. The van der Waals surface area contributed by atoms with Gasteiger partial charge in [0, 0.05) is 12.6 Å². The maximum Gasteiger partial charge on any atom is 0.0657 e. The van der Waals surface area contributed by atoms with Gasteiger partial charge in [0.15, 0.2) is 0 Å². The van der Waals surface area contributed by atoms with Gasteiger partial charge in [-0.1, -0.05) is 0 Å². The molecule has 0 aliphatic rings. The smallest absolute Gasteiger partial charge is 0.0657 e. The van der Waals surface area contributed by atoms with Gasteiger partial charge in [0.2, 0.25) is 0 Å². The van der Waals surface area contributed by atoms with Crippen molar-refractivity contribution in [2.24, 2.45) is 5.73 Å². The minimum Gasteiger partial charge on any atom is -0.330 e. The monoisotopic (exact) mass is 160 g/mol. The Morgan fingerprint density at radius 3 is 2.45 bits per heavy atom. The summed E-state index contributed by atoms with van der Waals surface area (Å²) in [6.45, 7) is 8.64. The van der Waals surface area contributed by atoms with Crippen LogP contribution >= 0.6 is 0 Å². The van der Waals surface area contributed by atoms with Gasteiger partial charge in [0.05, 0.1) is 6.61 Å². The summed E-state index contributed by atoms with van der Waals surface area (Å²) in [6, 6.07) is 0.446. The largest absolute Gasteiger partial charge is 0.330 e. The molecule has 2 N–H and O–H groups in total. The van der Waals surface area contributed by atoms with E-state index in [0.717, 1.165) is 26.1 Å². The average Bonchev–Trinajstić information content (AvgIpc) is 1.97. The third-order valence-corrected chi connectivity index (χ3v) is 1.45. The molecule has 0 heterocycles. The Kier molecular flexibility index (Phi) is 6.51. The molecular weight excluding hydrogens is 140 g/mol. The van der Waals surface area contributed by atoms with Crippen LogP contribution in [0.1, 0.15) is 27.2 Å². The van der Waals surface area contributed by atoms with Crippen LogP contribution in [0.4, 0.5) is 0 Å². The van der Waals surface area contributed by atoms with E-state index >= 15 is 0 Å². The van der Waals surface area contributed by atoms with Gasteiger partial charge in [-0.25, -0.2) is 0 Å². The molecule has 0 rings (SSSR count). The van der Waals surface area contributed by atoms with E-state index in [9.17, 15) is 0 Å². The fraction of sp³-hybridized carbons (Fsp3) is 1.00. The van der Waals surface area contributed by atoms with Crippen LogP contribution in [0.25, 0.3) is 0 Å². The predicted molar refractivity (Wildman–Crippen MR) is 47.1 cm³/mol. The second-order valence-electron chi connectivity index (χ2n) is 2.79. The molecule has 0 aromatic heterocycles. The minimum absolute atomic E-state index is 0.446. The lowest BCUT2D eigenvalue weighted by molar-refractivity contribution is -0.175. The zero-order valence-corrected chi connectivity index (χ0v) is 7.84. The predicted octanol–water partition coefficient (Wildman–Crippen LogP) is 0.997. The van der Waals surface area contributed by atoms with Crippen molar-refractivity contribution in [3.8, 4) is 0 Å². The highest BCUT2D eigenvalue weighted by Gasteiger charge is 2.07. The normalized spacial score (nSPS) is 11.5. The molecule has 0 atom stereocenters. The molecule has 0 aliphatic carbocycles. The lowest BCUT2D eigenvalue weighted by atomic mass is 10.3. The summed E-state index contributed by atoms with van der Waals surface area (Å²) in [5.74, 6) is 0. The van der Waals surface area contributed by atoms with Crippen molar-refractivity contribution in [1.82, 2.24) is 5.06 Å². The van der Waals surface area contributed by atoms with Crippen molar-refractivity contribution in [3.63, 3.8) is 0 Å². The fourth-order valence-electron chi connectivity index (χ4n) is 0.885. The molecule has 0 unspecified atom stereocenters. The molecule has 0 spiro atoms. The van der Waals surface area contributed by atoms with Crippen LogP contribution in [0.5, 0.6) is 0 Å². The second kappa shape index (κ2) is 6.58. The Bertz CT molecular complexity index is 86.2. The average molecular weight is 160 g/mol. The van der Waals surface area contributed by atoms with Crippen molar-refractivity contribution in [3.05, 3.63) is 0 Å². The van der Waals surface area contributed by atoms with E-state index in [1.807, 2.05) is 12.0 Å². The Morgan fingerprint density at radius 1 is 1.45 bits per heavy atom. The maximum atomic E-state index is 5.39. The molecule has 0 bridgehead atoms. The minimum atomic E-state index is 0.446. The van der Waals surface area contributed by atoms with Gasteiger partial charge in [0.25, 0.3) is 0 Å². The van der Waals surface area contributed by atoms with E-state index < -0.39 is 0 Å². The highest BCUT2D eigenvalue weighted by molar-refractivity contribution is 4.52. The van der Waals surface area contributed by atoms with Crippen molar-refractivity contribution in [1.29, 1.82) is 0 Å². The van der Waals surface area contributed by atoms with Crippen molar-refractivity contribution < 1.29 is 4.84 Å². The number of hydrogen-bond donors (Lipinski definition) is 1. The van der Waals surface area contributed by atoms with Gasteiger partial charge in [-0.05, 0) is 33.7 Å². The number of nitrogens with two attached hydrogens (primary N) is 1. The standard InChI is InChI=1S/C8H20N2O/c1-4-11-10(8(2)3)7-5-6-9/h8H,4-7,9H2,1-3H3. The number of hydroxylamine groups is 2. The third-order valence-electron chi connectivity index (χ3n) is 1.45. The molecule has 0 aliphatic heterocycles. The molecule has 68 valence electrons. The van der Waals surface area contributed by atoms with Crippen molar-refractivity contribution in [2.75, 3.05) is 19.7 Å². The van der Waals surface area contributed by atoms with Crippen LogP contribution in [-0.2, 0) is 4.84 Å². The molecule has 0 aromatic rings. The van der Waals surface area contributed by atoms with Gasteiger partial charge < -0.3 is 5.73 Å². The maximum absolute atomic E-state index is 5.39. The molecule has 3 heteroatoms. The quantitative estimate of drug-likeness (QED) is 0.589. The Hall–Kier alpha value is -0.120. The molecule has 0 radical (unpaired) electrons. The Balaban J connectivity index is 3.51. The van der Waals surface area contributed by atoms with Crippen molar-refractivity contribution in [2.45, 2.75) is 33.2 Å². The van der Waals surface area contributed by atoms with Crippen LogP contribution in [-0.4, -0.2) is 30.8 Å². The molecule has 0 fully saturated rings. The molecule has 11 heavy (non-hydrogen) atoms.